The van der Waals surface area contributed by atoms with Crippen molar-refractivity contribution in [2.75, 3.05) is 7.11 Å². The first-order valence-electron chi connectivity index (χ1n) is 7.87. The molecule has 5 heteroatoms. The van der Waals surface area contributed by atoms with E-state index in [0.29, 0.717) is 12.3 Å². The molecule has 1 saturated carbocycles. The maximum atomic E-state index is 10.8. The van der Waals surface area contributed by atoms with Gasteiger partial charge in [-0.15, -0.1) is 0 Å². The Hall–Kier alpha value is -0.390. The Kier molecular flexibility index (Phi) is 5.49. The summed E-state index contributed by atoms with van der Waals surface area (Å²) in [6, 6.07) is 0. The summed E-state index contributed by atoms with van der Waals surface area (Å²) >= 11 is 3.63. The Morgan fingerprint density at radius 3 is 2.81 bits per heavy atom. The predicted molar refractivity (Wildman–Crippen MR) is 87.4 cm³/mol. The summed E-state index contributed by atoms with van der Waals surface area (Å²) in [7, 11) is 3.67. The fraction of sp³-hybridized carbons (Fsp3) is 0.812. The molecule has 0 aliphatic heterocycles. The van der Waals surface area contributed by atoms with Crippen LogP contribution < -0.4 is 0 Å². The minimum Gasteiger partial charge on any atom is -0.390 e. The molecule has 0 spiro atoms. The van der Waals surface area contributed by atoms with Crippen LogP contribution in [0.5, 0.6) is 0 Å². The van der Waals surface area contributed by atoms with Crippen LogP contribution in [0, 0.1) is 5.92 Å². The van der Waals surface area contributed by atoms with Crippen LogP contribution in [-0.2, 0) is 24.6 Å². The van der Waals surface area contributed by atoms with E-state index in [9.17, 15) is 5.11 Å². The summed E-state index contributed by atoms with van der Waals surface area (Å²) in [5.41, 5.74) is 1.69. The van der Waals surface area contributed by atoms with Crippen molar-refractivity contribution in [2.45, 2.75) is 64.1 Å². The first-order chi connectivity index (χ1) is 9.93. The predicted octanol–water partition coefficient (Wildman–Crippen LogP) is 3.24. The number of hydrogen-bond donors (Lipinski definition) is 1. The van der Waals surface area contributed by atoms with Crippen molar-refractivity contribution in [1.82, 2.24) is 9.78 Å². The van der Waals surface area contributed by atoms with Crippen molar-refractivity contribution in [2.24, 2.45) is 13.0 Å². The molecule has 4 nitrogen and oxygen atoms in total. The molecule has 0 bridgehead atoms. The third-order valence-corrected chi connectivity index (χ3v) is 5.81. The van der Waals surface area contributed by atoms with Gasteiger partial charge in [0.2, 0.25) is 0 Å². The van der Waals surface area contributed by atoms with Gasteiger partial charge in [0.1, 0.15) is 0 Å². The third-order valence-electron chi connectivity index (χ3n) is 4.89. The maximum Gasteiger partial charge on any atom is 0.0942 e. The number of rotatable bonds is 5. The molecule has 21 heavy (non-hydrogen) atoms. The standard InChI is InChI=1S/C16H27BrN2O2/c1-5-12-15(17)13(19(3)18-12)9-14(20)16(21-4)8-6-7-11(2)10-16/h11,14,20H,5-10H2,1-4H3. The summed E-state index contributed by atoms with van der Waals surface area (Å²) in [5.74, 6) is 0.606. The minimum absolute atomic E-state index is 0.409. The van der Waals surface area contributed by atoms with Gasteiger partial charge in [-0.1, -0.05) is 26.7 Å². The van der Waals surface area contributed by atoms with E-state index in [4.69, 9.17) is 4.74 Å². The van der Waals surface area contributed by atoms with E-state index in [-0.39, 0.29) is 0 Å². The molecule has 120 valence electrons. The normalized spacial score (nSPS) is 27.8. The van der Waals surface area contributed by atoms with Crippen LogP contribution in [0.4, 0.5) is 0 Å². The zero-order valence-electron chi connectivity index (χ0n) is 13.5. The first kappa shape index (κ1) is 17.0. The van der Waals surface area contributed by atoms with E-state index in [0.717, 1.165) is 41.5 Å². The molecule has 1 aromatic rings. The van der Waals surface area contributed by atoms with Crippen molar-refractivity contribution in [3.63, 3.8) is 0 Å². The molecule has 3 unspecified atom stereocenters. The van der Waals surface area contributed by atoms with E-state index < -0.39 is 11.7 Å². The number of hydrogen-bond acceptors (Lipinski definition) is 3. The SMILES string of the molecule is CCc1nn(C)c(CC(O)C2(OC)CCCC(C)C2)c1Br. The fourth-order valence-electron chi connectivity index (χ4n) is 3.58. The highest BCUT2D eigenvalue weighted by molar-refractivity contribution is 9.10. The molecule has 0 radical (unpaired) electrons. The summed E-state index contributed by atoms with van der Waals surface area (Å²) in [4.78, 5) is 0. The number of methoxy groups -OCH3 is 1. The lowest BCUT2D eigenvalue weighted by atomic mass is 9.74. The fourth-order valence-corrected chi connectivity index (χ4v) is 4.36. The number of aromatic nitrogens is 2. The van der Waals surface area contributed by atoms with Gasteiger partial charge >= 0.3 is 0 Å². The Morgan fingerprint density at radius 2 is 2.29 bits per heavy atom. The zero-order valence-corrected chi connectivity index (χ0v) is 15.1. The molecule has 1 heterocycles. The second-order valence-electron chi connectivity index (χ2n) is 6.37. The molecule has 0 aromatic carbocycles. The number of aliphatic hydroxyl groups excluding tert-OH is 1. The monoisotopic (exact) mass is 358 g/mol. The number of halogens is 1. The van der Waals surface area contributed by atoms with Crippen molar-refractivity contribution >= 4 is 15.9 Å². The van der Waals surface area contributed by atoms with Crippen LogP contribution in [0.3, 0.4) is 0 Å². The van der Waals surface area contributed by atoms with Crippen LogP contribution in [-0.4, -0.2) is 33.7 Å². The molecule has 3 atom stereocenters. The topological polar surface area (TPSA) is 47.3 Å². The van der Waals surface area contributed by atoms with Gasteiger partial charge in [0.15, 0.2) is 0 Å². The van der Waals surface area contributed by atoms with Crippen molar-refractivity contribution in [3.8, 4) is 0 Å². The van der Waals surface area contributed by atoms with E-state index >= 15 is 0 Å². The zero-order chi connectivity index (χ0) is 15.6. The van der Waals surface area contributed by atoms with Crippen LogP contribution >= 0.6 is 15.9 Å². The molecule has 0 amide bonds. The second-order valence-corrected chi connectivity index (χ2v) is 7.17. The highest BCUT2D eigenvalue weighted by atomic mass is 79.9. The summed E-state index contributed by atoms with van der Waals surface area (Å²) < 4.78 is 8.71. The van der Waals surface area contributed by atoms with Crippen molar-refractivity contribution in [3.05, 3.63) is 15.9 Å². The van der Waals surface area contributed by atoms with Crippen LogP contribution in [0.15, 0.2) is 4.47 Å². The molecular weight excluding hydrogens is 332 g/mol. The Balaban J connectivity index is 2.20. The van der Waals surface area contributed by atoms with Gasteiger partial charge in [0.05, 0.1) is 27.6 Å². The lowest BCUT2D eigenvalue weighted by Crippen LogP contribution is -2.48. The maximum absolute atomic E-state index is 10.8. The smallest absolute Gasteiger partial charge is 0.0942 e. The van der Waals surface area contributed by atoms with Gasteiger partial charge in [-0.25, -0.2) is 0 Å². The number of nitrogens with zero attached hydrogens (tertiary/aromatic N) is 2. The highest BCUT2D eigenvalue weighted by Crippen LogP contribution is 2.39. The molecule has 1 aliphatic rings. The number of ether oxygens (including phenoxy) is 1. The van der Waals surface area contributed by atoms with E-state index in [1.165, 1.54) is 6.42 Å². The van der Waals surface area contributed by atoms with E-state index in [1.54, 1.807) is 7.11 Å². The third kappa shape index (κ3) is 3.35. The van der Waals surface area contributed by atoms with Crippen LogP contribution in [0.1, 0.15) is 50.9 Å². The summed E-state index contributed by atoms with van der Waals surface area (Å²) in [6.45, 7) is 4.33. The summed E-state index contributed by atoms with van der Waals surface area (Å²) in [6.07, 6.45) is 5.18. The lowest BCUT2D eigenvalue weighted by molar-refractivity contribution is -0.131. The van der Waals surface area contributed by atoms with Crippen LogP contribution in [0.25, 0.3) is 0 Å². The Labute approximate surface area is 136 Å². The van der Waals surface area contributed by atoms with Gasteiger partial charge in [0, 0.05) is 20.6 Å². The molecule has 1 aromatic heterocycles. The molecule has 2 rings (SSSR count). The Bertz CT molecular complexity index is 489. The quantitative estimate of drug-likeness (QED) is 0.878. The largest absolute Gasteiger partial charge is 0.390 e. The average molecular weight is 359 g/mol. The number of aliphatic hydroxyl groups is 1. The molecule has 1 fully saturated rings. The van der Waals surface area contributed by atoms with E-state index in [1.807, 2.05) is 11.7 Å². The van der Waals surface area contributed by atoms with Gasteiger partial charge < -0.3 is 9.84 Å². The van der Waals surface area contributed by atoms with Gasteiger partial charge in [0.25, 0.3) is 0 Å². The van der Waals surface area contributed by atoms with Crippen molar-refractivity contribution < 1.29 is 9.84 Å². The molecule has 1 N–H and O–H groups in total. The second kappa shape index (κ2) is 6.80. The highest BCUT2D eigenvalue weighted by Gasteiger charge is 2.42. The van der Waals surface area contributed by atoms with Crippen molar-refractivity contribution in [1.29, 1.82) is 0 Å². The van der Waals surface area contributed by atoms with Crippen LogP contribution in [0.2, 0.25) is 0 Å². The average Bonchev–Trinajstić information content (AvgIpc) is 2.74. The first-order valence-corrected chi connectivity index (χ1v) is 8.66. The molecular formula is C16H27BrN2O2. The van der Waals surface area contributed by atoms with E-state index in [2.05, 4.69) is 34.9 Å². The van der Waals surface area contributed by atoms with Gasteiger partial charge in [-0.3, -0.25) is 4.68 Å². The Morgan fingerprint density at radius 1 is 1.57 bits per heavy atom. The molecule has 1 aliphatic carbocycles. The summed E-state index contributed by atoms with van der Waals surface area (Å²) in [5, 5.41) is 15.3. The lowest BCUT2D eigenvalue weighted by Gasteiger charge is -2.42. The minimum atomic E-state index is -0.498. The molecule has 0 saturated heterocycles. The number of aryl methyl sites for hydroxylation is 2. The van der Waals surface area contributed by atoms with Gasteiger partial charge in [-0.05, 0) is 41.1 Å². The van der Waals surface area contributed by atoms with Gasteiger partial charge in [-0.2, -0.15) is 5.10 Å².